The van der Waals surface area contributed by atoms with Gasteiger partial charge in [-0.1, -0.05) is 27.7 Å². The van der Waals surface area contributed by atoms with Crippen molar-refractivity contribution in [2.45, 2.75) is 40.8 Å². The summed E-state index contributed by atoms with van der Waals surface area (Å²) < 4.78 is 11.0. The van der Waals surface area contributed by atoms with Gasteiger partial charge in [0.05, 0.1) is 6.26 Å². The van der Waals surface area contributed by atoms with E-state index in [1.54, 1.807) is 6.26 Å². The molecule has 0 radical (unpaired) electrons. The first-order valence-electron chi connectivity index (χ1n) is 6.42. The summed E-state index contributed by atoms with van der Waals surface area (Å²) in [4.78, 5) is 0. The molecule has 0 saturated heterocycles. The van der Waals surface area contributed by atoms with E-state index in [1.807, 2.05) is 0 Å². The average molecular weight is 239 g/mol. The molecule has 0 aliphatic carbocycles. The van der Waals surface area contributed by atoms with Crippen LogP contribution in [0.4, 0.5) is 0 Å². The highest BCUT2D eigenvalue weighted by Crippen LogP contribution is 2.09. The summed E-state index contributed by atoms with van der Waals surface area (Å²) in [7, 11) is 0. The Hall–Kier alpha value is -0.800. The summed E-state index contributed by atoms with van der Waals surface area (Å²) in [5.74, 6) is 2.15. The fourth-order valence-corrected chi connectivity index (χ4v) is 1.49. The van der Waals surface area contributed by atoms with Gasteiger partial charge in [-0.3, -0.25) is 0 Å². The van der Waals surface area contributed by atoms with Crippen LogP contribution in [0.2, 0.25) is 0 Å². The highest BCUT2D eigenvalue weighted by molar-refractivity contribution is 5.11. The number of furan rings is 1. The van der Waals surface area contributed by atoms with Gasteiger partial charge in [-0.25, -0.2) is 0 Å². The Morgan fingerprint density at radius 2 is 2.00 bits per heavy atom. The van der Waals surface area contributed by atoms with E-state index in [0.29, 0.717) is 18.4 Å². The molecule has 0 unspecified atom stereocenters. The van der Waals surface area contributed by atoms with Crippen LogP contribution in [0.5, 0.6) is 0 Å². The first-order chi connectivity index (χ1) is 8.08. The summed E-state index contributed by atoms with van der Waals surface area (Å²) in [5, 5.41) is 3.39. The fourth-order valence-electron chi connectivity index (χ4n) is 1.49. The number of nitrogens with one attached hydrogen (secondary N) is 1. The second kappa shape index (κ2) is 7.51. The first-order valence-corrected chi connectivity index (χ1v) is 6.42. The molecule has 1 aromatic rings. The van der Waals surface area contributed by atoms with Crippen LogP contribution in [0.3, 0.4) is 0 Å². The highest BCUT2D eigenvalue weighted by Gasteiger charge is 2.03. The lowest BCUT2D eigenvalue weighted by Gasteiger charge is -2.05. The van der Waals surface area contributed by atoms with Gasteiger partial charge in [0.1, 0.15) is 12.4 Å². The molecule has 3 heteroatoms. The van der Waals surface area contributed by atoms with Crippen LogP contribution in [-0.2, 0) is 17.9 Å². The topological polar surface area (TPSA) is 34.4 Å². The predicted octanol–water partition coefficient (Wildman–Crippen LogP) is 3.20. The van der Waals surface area contributed by atoms with Crippen molar-refractivity contribution in [3.05, 3.63) is 23.7 Å². The van der Waals surface area contributed by atoms with Crippen LogP contribution < -0.4 is 5.32 Å². The van der Waals surface area contributed by atoms with Crippen molar-refractivity contribution in [2.24, 2.45) is 11.8 Å². The molecule has 17 heavy (non-hydrogen) atoms. The predicted molar refractivity (Wildman–Crippen MR) is 69.7 cm³/mol. The molecule has 3 nitrogen and oxygen atoms in total. The minimum Gasteiger partial charge on any atom is -0.467 e. The maximum atomic E-state index is 5.52. The fraction of sp³-hybridized carbons (Fsp3) is 0.714. The van der Waals surface area contributed by atoms with Crippen LogP contribution in [0.1, 0.15) is 39.0 Å². The molecule has 98 valence electrons. The molecule has 1 N–H and O–H groups in total. The van der Waals surface area contributed by atoms with Crippen molar-refractivity contribution in [1.29, 1.82) is 0 Å². The number of ether oxygens (including phenoxy) is 1. The Balaban J connectivity index is 2.23. The standard InChI is InChI=1S/C14H25NO2/c1-11(2)6-15-7-13-5-14(17-9-13)10-16-8-12(3)4/h5,9,11-12,15H,6-8,10H2,1-4H3. The smallest absolute Gasteiger partial charge is 0.129 e. The van der Waals surface area contributed by atoms with Crippen LogP contribution in [0.25, 0.3) is 0 Å². The van der Waals surface area contributed by atoms with Crippen molar-refractivity contribution >= 4 is 0 Å². The molecule has 0 fully saturated rings. The lowest BCUT2D eigenvalue weighted by atomic mass is 10.2. The quantitative estimate of drug-likeness (QED) is 0.756. The second-order valence-corrected chi connectivity index (χ2v) is 5.35. The van der Waals surface area contributed by atoms with E-state index >= 15 is 0 Å². The third kappa shape index (κ3) is 6.49. The van der Waals surface area contributed by atoms with Gasteiger partial charge in [-0.05, 0) is 24.4 Å². The molecule has 0 aromatic carbocycles. The molecule has 0 bridgehead atoms. The van der Waals surface area contributed by atoms with Gasteiger partial charge in [0.15, 0.2) is 0 Å². The molecule has 1 rings (SSSR count). The number of hydrogen-bond acceptors (Lipinski definition) is 3. The minimum absolute atomic E-state index is 0.567. The maximum absolute atomic E-state index is 5.52. The molecular formula is C14H25NO2. The molecular weight excluding hydrogens is 214 g/mol. The van der Waals surface area contributed by atoms with Crippen molar-refractivity contribution in [3.63, 3.8) is 0 Å². The van der Waals surface area contributed by atoms with Crippen LogP contribution in [0.15, 0.2) is 16.7 Å². The molecule has 0 atom stereocenters. The Morgan fingerprint density at radius 3 is 2.65 bits per heavy atom. The van der Waals surface area contributed by atoms with Crippen LogP contribution >= 0.6 is 0 Å². The van der Waals surface area contributed by atoms with Crippen molar-refractivity contribution < 1.29 is 9.15 Å². The molecule has 1 aromatic heterocycles. The highest BCUT2D eigenvalue weighted by atomic mass is 16.5. The monoisotopic (exact) mass is 239 g/mol. The first kappa shape index (κ1) is 14.3. The largest absolute Gasteiger partial charge is 0.467 e. The third-order valence-corrected chi connectivity index (χ3v) is 2.29. The SMILES string of the molecule is CC(C)CNCc1coc(COCC(C)C)c1. The third-order valence-electron chi connectivity index (χ3n) is 2.29. The zero-order valence-corrected chi connectivity index (χ0v) is 11.5. The zero-order valence-electron chi connectivity index (χ0n) is 11.5. The van der Waals surface area contributed by atoms with Crippen LogP contribution in [-0.4, -0.2) is 13.2 Å². The molecule has 0 spiro atoms. The van der Waals surface area contributed by atoms with Gasteiger partial charge in [0, 0.05) is 18.7 Å². The van der Waals surface area contributed by atoms with Crippen molar-refractivity contribution in [1.82, 2.24) is 5.32 Å². The van der Waals surface area contributed by atoms with Gasteiger partial charge >= 0.3 is 0 Å². The molecule has 0 aliphatic rings. The van der Waals surface area contributed by atoms with E-state index in [4.69, 9.17) is 9.15 Å². The summed E-state index contributed by atoms with van der Waals surface area (Å²) in [5.41, 5.74) is 1.19. The zero-order chi connectivity index (χ0) is 12.7. The van der Waals surface area contributed by atoms with Crippen molar-refractivity contribution in [3.8, 4) is 0 Å². The number of rotatable bonds is 8. The second-order valence-electron chi connectivity index (χ2n) is 5.35. The van der Waals surface area contributed by atoms with Gasteiger partial charge in [-0.15, -0.1) is 0 Å². The molecule has 0 amide bonds. The Morgan fingerprint density at radius 1 is 1.24 bits per heavy atom. The normalized spacial score (nSPS) is 11.6. The van der Waals surface area contributed by atoms with E-state index < -0.39 is 0 Å². The van der Waals surface area contributed by atoms with E-state index in [0.717, 1.165) is 25.5 Å². The van der Waals surface area contributed by atoms with E-state index in [9.17, 15) is 0 Å². The lowest BCUT2D eigenvalue weighted by molar-refractivity contribution is 0.0846. The molecule has 0 saturated carbocycles. The van der Waals surface area contributed by atoms with Gasteiger partial charge in [-0.2, -0.15) is 0 Å². The lowest BCUT2D eigenvalue weighted by Crippen LogP contribution is -2.18. The minimum atomic E-state index is 0.567. The maximum Gasteiger partial charge on any atom is 0.129 e. The summed E-state index contributed by atoms with van der Waals surface area (Å²) >= 11 is 0. The Labute approximate surface area is 105 Å². The van der Waals surface area contributed by atoms with E-state index in [2.05, 4.69) is 39.1 Å². The average Bonchev–Trinajstić information content (AvgIpc) is 2.65. The number of hydrogen-bond donors (Lipinski definition) is 1. The summed E-state index contributed by atoms with van der Waals surface area (Å²) in [6.45, 7) is 11.9. The van der Waals surface area contributed by atoms with Crippen LogP contribution in [0, 0.1) is 11.8 Å². The van der Waals surface area contributed by atoms with Crippen molar-refractivity contribution in [2.75, 3.05) is 13.2 Å². The van der Waals surface area contributed by atoms with Gasteiger partial charge in [0.2, 0.25) is 0 Å². The summed E-state index contributed by atoms with van der Waals surface area (Å²) in [6.07, 6.45) is 1.81. The van der Waals surface area contributed by atoms with E-state index in [-0.39, 0.29) is 0 Å². The summed E-state index contributed by atoms with van der Waals surface area (Å²) in [6, 6.07) is 2.06. The Kier molecular flexibility index (Phi) is 6.30. The Bertz CT molecular complexity index is 276. The van der Waals surface area contributed by atoms with E-state index in [1.165, 1.54) is 5.56 Å². The van der Waals surface area contributed by atoms with Gasteiger partial charge < -0.3 is 14.5 Å². The molecule has 0 aliphatic heterocycles. The molecule has 1 heterocycles. The van der Waals surface area contributed by atoms with Gasteiger partial charge in [0.25, 0.3) is 0 Å².